The molecule has 1 aliphatic rings. The maximum atomic E-state index is 3.51. The highest BCUT2D eigenvalue weighted by molar-refractivity contribution is 6.07. The van der Waals surface area contributed by atoms with Crippen molar-refractivity contribution in [2.45, 2.75) is 25.4 Å². The third-order valence-electron chi connectivity index (χ3n) is 4.62. The molecular weight excluding hydrogens is 244 g/mol. The second-order valence-electron chi connectivity index (χ2n) is 5.88. The van der Waals surface area contributed by atoms with Crippen molar-refractivity contribution in [3.63, 3.8) is 0 Å². The summed E-state index contributed by atoms with van der Waals surface area (Å²) in [6.45, 7) is 1.06. The van der Waals surface area contributed by atoms with Gasteiger partial charge in [0.05, 0.1) is 0 Å². The number of nitrogens with zero attached hydrogens (tertiary/aromatic N) is 1. The third kappa shape index (κ3) is 1.83. The number of hydrogen-bond donors (Lipinski definition) is 1. The quantitative estimate of drug-likeness (QED) is 0.758. The molecule has 1 aliphatic carbocycles. The number of fused-ring (bicyclic) bond motifs is 3. The Balaban J connectivity index is 1.90. The van der Waals surface area contributed by atoms with Gasteiger partial charge >= 0.3 is 0 Å². The molecule has 102 valence electrons. The van der Waals surface area contributed by atoms with Crippen LogP contribution in [0.2, 0.25) is 0 Å². The highest BCUT2D eigenvalue weighted by Crippen LogP contribution is 2.35. The number of nitrogens with one attached hydrogen (secondary N) is 1. The van der Waals surface area contributed by atoms with Crippen LogP contribution in [-0.4, -0.2) is 17.7 Å². The number of rotatable bonds is 4. The smallest absolute Gasteiger partial charge is 0.0491 e. The van der Waals surface area contributed by atoms with Gasteiger partial charge in [-0.15, -0.1) is 0 Å². The summed E-state index contributed by atoms with van der Waals surface area (Å²) in [5.74, 6) is 0.861. The van der Waals surface area contributed by atoms with Gasteiger partial charge in [-0.3, -0.25) is 0 Å². The highest BCUT2D eigenvalue weighted by atomic mass is 15.0. The van der Waals surface area contributed by atoms with E-state index in [2.05, 4.69) is 65.5 Å². The van der Waals surface area contributed by atoms with Crippen LogP contribution in [-0.2, 0) is 6.54 Å². The molecular formula is C18H20N2. The molecule has 1 N–H and O–H groups in total. The van der Waals surface area contributed by atoms with Gasteiger partial charge in [0.1, 0.15) is 0 Å². The lowest BCUT2D eigenvalue weighted by Gasteiger charge is -2.18. The van der Waals surface area contributed by atoms with E-state index in [4.69, 9.17) is 0 Å². The Bertz CT molecular complexity index is 699. The van der Waals surface area contributed by atoms with Gasteiger partial charge in [-0.05, 0) is 37.9 Å². The monoisotopic (exact) mass is 264 g/mol. The molecule has 1 atom stereocenters. The van der Waals surface area contributed by atoms with Crippen molar-refractivity contribution in [2.75, 3.05) is 7.05 Å². The molecule has 0 spiro atoms. The first-order valence-corrected chi connectivity index (χ1v) is 7.51. The van der Waals surface area contributed by atoms with Gasteiger partial charge < -0.3 is 9.88 Å². The van der Waals surface area contributed by atoms with Gasteiger partial charge in [0, 0.05) is 34.4 Å². The minimum absolute atomic E-state index is 0.592. The van der Waals surface area contributed by atoms with Gasteiger partial charge in [0.25, 0.3) is 0 Å². The fourth-order valence-corrected chi connectivity index (χ4v) is 3.37. The zero-order chi connectivity index (χ0) is 13.5. The number of hydrogen-bond acceptors (Lipinski definition) is 1. The van der Waals surface area contributed by atoms with Crippen molar-refractivity contribution >= 4 is 21.8 Å². The van der Waals surface area contributed by atoms with Gasteiger partial charge in [-0.25, -0.2) is 0 Å². The van der Waals surface area contributed by atoms with Crippen LogP contribution in [0.3, 0.4) is 0 Å². The number of aromatic nitrogens is 1. The van der Waals surface area contributed by atoms with Crippen LogP contribution in [0.1, 0.15) is 12.8 Å². The Morgan fingerprint density at radius 1 is 1.00 bits per heavy atom. The molecule has 4 rings (SSSR count). The summed E-state index contributed by atoms with van der Waals surface area (Å²) >= 11 is 0. The second-order valence-corrected chi connectivity index (χ2v) is 5.88. The van der Waals surface area contributed by atoms with Gasteiger partial charge in [-0.1, -0.05) is 36.4 Å². The SMILES string of the molecule is CNC(Cn1c2ccccc2c2ccccc21)C1CC1. The van der Waals surface area contributed by atoms with Crippen molar-refractivity contribution in [1.82, 2.24) is 9.88 Å². The Labute approximate surface area is 119 Å². The van der Waals surface area contributed by atoms with Crippen LogP contribution < -0.4 is 5.32 Å². The molecule has 0 aliphatic heterocycles. The van der Waals surface area contributed by atoms with E-state index in [1.807, 2.05) is 0 Å². The van der Waals surface area contributed by atoms with Crippen LogP contribution in [0, 0.1) is 5.92 Å². The number of benzene rings is 2. The van der Waals surface area contributed by atoms with E-state index in [-0.39, 0.29) is 0 Å². The molecule has 1 heterocycles. The highest BCUT2D eigenvalue weighted by Gasteiger charge is 2.30. The van der Waals surface area contributed by atoms with Crippen molar-refractivity contribution in [3.8, 4) is 0 Å². The molecule has 1 aromatic heterocycles. The predicted molar refractivity (Wildman–Crippen MR) is 85.0 cm³/mol. The molecule has 2 heteroatoms. The molecule has 0 saturated heterocycles. The van der Waals surface area contributed by atoms with Gasteiger partial charge in [0.2, 0.25) is 0 Å². The lowest BCUT2D eigenvalue weighted by Crippen LogP contribution is -2.32. The average Bonchev–Trinajstić information content (AvgIpc) is 3.29. The standard InChI is InChI=1S/C18H20N2/c1-19-16(13-10-11-13)12-20-17-8-4-2-6-14(17)15-7-3-5-9-18(15)20/h2-9,13,16,19H,10-12H2,1H3. The molecule has 0 bridgehead atoms. The molecule has 0 radical (unpaired) electrons. The van der Waals surface area contributed by atoms with Gasteiger partial charge in [0.15, 0.2) is 0 Å². The van der Waals surface area contributed by atoms with Crippen LogP contribution in [0.15, 0.2) is 48.5 Å². The van der Waals surface area contributed by atoms with Gasteiger partial charge in [-0.2, -0.15) is 0 Å². The normalized spacial score (nSPS) is 16.9. The van der Waals surface area contributed by atoms with Crippen LogP contribution in [0.5, 0.6) is 0 Å². The molecule has 3 aromatic rings. The summed E-state index contributed by atoms with van der Waals surface area (Å²) in [7, 11) is 2.09. The van der Waals surface area contributed by atoms with E-state index in [0.717, 1.165) is 12.5 Å². The topological polar surface area (TPSA) is 17.0 Å². The predicted octanol–water partition coefficient (Wildman–Crippen LogP) is 3.79. The Morgan fingerprint density at radius 3 is 2.05 bits per heavy atom. The van der Waals surface area contributed by atoms with E-state index in [1.54, 1.807) is 0 Å². The molecule has 20 heavy (non-hydrogen) atoms. The van der Waals surface area contributed by atoms with E-state index >= 15 is 0 Å². The Morgan fingerprint density at radius 2 is 1.55 bits per heavy atom. The first-order valence-electron chi connectivity index (χ1n) is 7.51. The summed E-state index contributed by atoms with van der Waals surface area (Å²) in [6.07, 6.45) is 2.76. The van der Waals surface area contributed by atoms with Crippen molar-refractivity contribution in [2.24, 2.45) is 5.92 Å². The largest absolute Gasteiger partial charge is 0.339 e. The lowest BCUT2D eigenvalue weighted by molar-refractivity contribution is 0.447. The summed E-state index contributed by atoms with van der Waals surface area (Å²) in [6, 6.07) is 18.1. The van der Waals surface area contributed by atoms with E-state index in [9.17, 15) is 0 Å². The average molecular weight is 264 g/mol. The van der Waals surface area contributed by atoms with Crippen LogP contribution in [0.4, 0.5) is 0 Å². The van der Waals surface area contributed by atoms with E-state index in [0.29, 0.717) is 6.04 Å². The minimum atomic E-state index is 0.592. The second kappa shape index (κ2) is 4.64. The molecule has 1 saturated carbocycles. The summed E-state index contributed by atoms with van der Waals surface area (Å²) in [5, 5.41) is 6.25. The molecule has 2 nitrogen and oxygen atoms in total. The first kappa shape index (κ1) is 12.0. The maximum Gasteiger partial charge on any atom is 0.0491 e. The van der Waals surface area contributed by atoms with Crippen molar-refractivity contribution < 1.29 is 0 Å². The van der Waals surface area contributed by atoms with E-state index < -0.39 is 0 Å². The molecule has 1 unspecified atom stereocenters. The molecule has 2 aromatic carbocycles. The van der Waals surface area contributed by atoms with Crippen molar-refractivity contribution in [3.05, 3.63) is 48.5 Å². The fourth-order valence-electron chi connectivity index (χ4n) is 3.37. The molecule has 1 fully saturated rings. The zero-order valence-corrected chi connectivity index (χ0v) is 11.8. The van der Waals surface area contributed by atoms with Crippen molar-refractivity contribution in [1.29, 1.82) is 0 Å². The lowest BCUT2D eigenvalue weighted by atomic mass is 10.2. The van der Waals surface area contributed by atoms with Crippen LogP contribution >= 0.6 is 0 Å². The molecule has 0 amide bonds. The summed E-state index contributed by atoms with van der Waals surface area (Å²) < 4.78 is 2.49. The minimum Gasteiger partial charge on any atom is -0.339 e. The Hall–Kier alpha value is -1.80. The first-order chi connectivity index (χ1) is 9.88. The summed E-state index contributed by atoms with van der Waals surface area (Å²) in [5.41, 5.74) is 2.71. The number of para-hydroxylation sites is 2. The third-order valence-corrected chi connectivity index (χ3v) is 4.62. The maximum absolute atomic E-state index is 3.51. The zero-order valence-electron chi connectivity index (χ0n) is 11.8. The number of likely N-dealkylation sites (N-methyl/N-ethyl adjacent to an activating group) is 1. The van der Waals surface area contributed by atoms with Crippen LogP contribution in [0.25, 0.3) is 21.8 Å². The Kier molecular flexibility index (Phi) is 2.78. The van der Waals surface area contributed by atoms with E-state index in [1.165, 1.54) is 34.6 Å². The summed E-state index contributed by atoms with van der Waals surface area (Å²) in [4.78, 5) is 0. The fraction of sp³-hybridized carbons (Fsp3) is 0.333.